The average Bonchev–Trinajstić information content (AvgIpc) is 2.38. The quantitative estimate of drug-likeness (QED) is 0.692. The van der Waals surface area contributed by atoms with Crippen LogP contribution in [0.1, 0.15) is 19.4 Å². The molecule has 0 bridgehead atoms. The molecule has 0 aliphatic rings. The van der Waals surface area contributed by atoms with Crippen LogP contribution in [0.2, 0.25) is 0 Å². The van der Waals surface area contributed by atoms with Gasteiger partial charge >= 0.3 is 0 Å². The van der Waals surface area contributed by atoms with Crippen molar-refractivity contribution in [2.75, 3.05) is 26.2 Å². The van der Waals surface area contributed by atoms with Crippen LogP contribution in [0, 0.1) is 11.3 Å². The van der Waals surface area contributed by atoms with E-state index in [1.807, 2.05) is 19.1 Å². The normalized spacial score (nSPS) is 10.1. The number of hydrogen-bond donors (Lipinski definition) is 0. The highest BCUT2D eigenvalue weighted by molar-refractivity contribution is 5.34. The zero-order chi connectivity index (χ0) is 13.4. The van der Waals surface area contributed by atoms with Crippen molar-refractivity contribution in [1.29, 1.82) is 5.26 Å². The van der Waals surface area contributed by atoms with Crippen LogP contribution >= 0.6 is 0 Å². The molecule has 96 valence electrons. The largest absolute Gasteiger partial charge is 0.492 e. The van der Waals surface area contributed by atoms with Gasteiger partial charge in [-0.2, -0.15) is 5.26 Å². The van der Waals surface area contributed by atoms with Crippen LogP contribution in [0.5, 0.6) is 5.75 Å². The SMILES string of the molecule is C=C(C)CN(CC)CCOc1ccc(C#N)cc1. The van der Waals surface area contributed by atoms with E-state index in [2.05, 4.69) is 24.5 Å². The van der Waals surface area contributed by atoms with Crippen molar-refractivity contribution >= 4 is 0 Å². The fourth-order valence-electron chi connectivity index (χ4n) is 1.65. The molecule has 0 radical (unpaired) electrons. The van der Waals surface area contributed by atoms with E-state index in [9.17, 15) is 0 Å². The maximum atomic E-state index is 8.69. The molecule has 0 N–H and O–H groups in total. The van der Waals surface area contributed by atoms with Crippen LogP contribution in [0.15, 0.2) is 36.4 Å². The summed E-state index contributed by atoms with van der Waals surface area (Å²) >= 11 is 0. The third kappa shape index (κ3) is 5.03. The summed E-state index contributed by atoms with van der Waals surface area (Å²) in [6.07, 6.45) is 0. The molecule has 0 fully saturated rings. The van der Waals surface area contributed by atoms with Crippen molar-refractivity contribution in [3.05, 3.63) is 42.0 Å². The highest BCUT2D eigenvalue weighted by Crippen LogP contribution is 2.11. The van der Waals surface area contributed by atoms with Crippen LogP contribution in [-0.2, 0) is 0 Å². The van der Waals surface area contributed by atoms with E-state index in [0.717, 1.165) is 31.0 Å². The molecule has 0 unspecified atom stereocenters. The molecule has 1 aromatic carbocycles. The number of rotatable bonds is 7. The number of benzene rings is 1. The van der Waals surface area contributed by atoms with Crippen molar-refractivity contribution in [1.82, 2.24) is 4.90 Å². The van der Waals surface area contributed by atoms with Gasteiger partial charge in [0.15, 0.2) is 0 Å². The summed E-state index contributed by atoms with van der Waals surface area (Å²) in [5, 5.41) is 8.69. The van der Waals surface area contributed by atoms with Crippen molar-refractivity contribution < 1.29 is 4.74 Å². The molecule has 0 saturated heterocycles. The maximum Gasteiger partial charge on any atom is 0.119 e. The molecule has 0 amide bonds. The van der Waals surface area contributed by atoms with Crippen LogP contribution < -0.4 is 4.74 Å². The molecule has 0 heterocycles. The lowest BCUT2D eigenvalue weighted by Gasteiger charge is -2.20. The Kier molecular flexibility index (Phi) is 5.96. The highest BCUT2D eigenvalue weighted by Gasteiger charge is 2.02. The van der Waals surface area contributed by atoms with Gasteiger partial charge in [0.05, 0.1) is 11.6 Å². The maximum absolute atomic E-state index is 8.69. The van der Waals surface area contributed by atoms with Gasteiger partial charge in [0, 0.05) is 13.1 Å². The number of ether oxygens (including phenoxy) is 1. The number of hydrogen-bond acceptors (Lipinski definition) is 3. The van der Waals surface area contributed by atoms with Crippen molar-refractivity contribution in [3.63, 3.8) is 0 Å². The minimum atomic E-state index is 0.646. The van der Waals surface area contributed by atoms with Crippen LogP contribution in [0.4, 0.5) is 0 Å². The van der Waals surface area contributed by atoms with Gasteiger partial charge in [0.1, 0.15) is 12.4 Å². The van der Waals surface area contributed by atoms with Gasteiger partial charge in [-0.15, -0.1) is 0 Å². The fraction of sp³-hybridized carbons (Fsp3) is 0.400. The Morgan fingerprint density at radius 3 is 2.56 bits per heavy atom. The molecule has 0 spiro atoms. The number of likely N-dealkylation sites (N-methyl/N-ethyl adjacent to an activating group) is 1. The van der Waals surface area contributed by atoms with E-state index >= 15 is 0 Å². The predicted octanol–water partition coefficient (Wildman–Crippen LogP) is 2.84. The molecule has 0 aliphatic carbocycles. The Morgan fingerprint density at radius 1 is 1.39 bits per heavy atom. The smallest absolute Gasteiger partial charge is 0.119 e. The Bertz CT molecular complexity index is 417. The van der Waals surface area contributed by atoms with Crippen molar-refractivity contribution in [2.24, 2.45) is 0 Å². The van der Waals surface area contributed by atoms with Crippen molar-refractivity contribution in [2.45, 2.75) is 13.8 Å². The standard InChI is InChI=1S/C15H20N2O/c1-4-17(12-13(2)3)9-10-18-15-7-5-14(11-16)6-8-15/h5-8H,2,4,9-10,12H2,1,3H3. The lowest BCUT2D eigenvalue weighted by molar-refractivity contribution is 0.227. The predicted molar refractivity (Wildman–Crippen MR) is 73.6 cm³/mol. The fourth-order valence-corrected chi connectivity index (χ4v) is 1.65. The molecular weight excluding hydrogens is 224 g/mol. The lowest BCUT2D eigenvalue weighted by atomic mass is 10.2. The monoisotopic (exact) mass is 244 g/mol. The van der Waals surface area contributed by atoms with Crippen molar-refractivity contribution in [3.8, 4) is 11.8 Å². The number of nitrogens with zero attached hydrogens (tertiary/aromatic N) is 2. The van der Waals surface area contributed by atoms with Gasteiger partial charge in [0.2, 0.25) is 0 Å². The molecule has 0 aliphatic heterocycles. The first kappa shape index (κ1) is 14.3. The zero-order valence-electron chi connectivity index (χ0n) is 11.1. The van der Waals surface area contributed by atoms with Gasteiger partial charge in [-0.25, -0.2) is 0 Å². The summed E-state index contributed by atoms with van der Waals surface area (Å²) in [7, 11) is 0. The first-order valence-corrected chi connectivity index (χ1v) is 6.15. The summed E-state index contributed by atoms with van der Waals surface area (Å²) < 4.78 is 5.64. The van der Waals surface area contributed by atoms with Gasteiger partial charge in [0.25, 0.3) is 0 Å². The minimum absolute atomic E-state index is 0.646. The van der Waals surface area contributed by atoms with Crippen LogP contribution in [0.25, 0.3) is 0 Å². The summed E-state index contributed by atoms with van der Waals surface area (Å²) in [5.41, 5.74) is 1.81. The van der Waals surface area contributed by atoms with E-state index in [1.165, 1.54) is 0 Å². The van der Waals surface area contributed by atoms with Crippen LogP contribution in [-0.4, -0.2) is 31.1 Å². The molecule has 3 heteroatoms. The molecule has 0 aromatic heterocycles. The topological polar surface area (TPSA) is 36.3 Å². The number of nitriles is 1. The second-order valence-electron chi connectivity index (χ2n) is 4.31. The Morgan fingerprint density at radius 2 is 2.06 bits per heavy atom. The van der Waals surface area contributed by atoms with Crippen LogP contribution in [0.3, 0.4) is 0 Å². The molecule has 0 saturated carbocycles. The van der Waals surface area contributed by atoms with Gasteiger partial charge in [-0.05, 0) is 37.7 Å². The van der Waals surface area contributed by atoms with Gasteiger partial charge in [-0.3, -0.25) is 4.90 Å². The molecule has 18 heavy (non-hydrogen) atoms. The third-order valence-corrected chi connectivity index (χ3v) is 2.60. The Hall–Kier alpha value is -1.79. The minimum Gasteiger partial charge on any atom is -0.492 e. The van der Waals surface area contributed by atoms with Gasteiger partial charge in [-0.1, -0.05) is 19.1 Å². The average molecular weight is 244 g/mol. The Balaban J connectivity index is 2.36. The molecular formula is C15H20N2O. The first-order valence-electron chi connectivity index (χ1n) is 6.15. The molecule has 1 rings (SSSR count). The molecule has 0 atom stereocenters. The first-order chi connectivity index (χ1) is 8.65. The molecule has 3 nitrogen and oxygen atoms in total. The second kappa shape index (κ2) is 7.52. The lowest BCUT2D eigenvalue weighted by Crippen LogP contribution is -2.29. The zero-order valence-corrected chi connectivity index (χ0v) is 11.1. The van der Waals surface area contributed by atoms with Gasteiger partial charge < -0.3 is 4.74 Å². The Labute approximate surface area is 109 Å². The van der Waals surface area contributed by atoms with E-state index < -0.39 is 0 Å². The highest BCUT2D eigenvalue weighted by atomic mass is 16.5. The second-order valence-corrected chi connectivity index (χ2v) is 4.31. The van der Waals surface area contributed by atoms with E-state index in [1.54, 1.807) is 12.1 Å². The van der Waals surface area contributed by atoms with E-state index in [4.69, 9.17) is 10.00 Å². The summed E-state index contributed by atoms with van der Waals surface area (Å²) in [6, 6.07) is 9.27. The molecule has 1 aromatic rings. The summed E-state index contributed by atoms with van der Waals surface area (Å²) in [6.45, 7) is 11.5. The van der Waals surface area contributed by atoms with E-state index in [0.29, 0.717) is 12.2 Å². The summed E-state index contributed by atoms with van der Waals surface area (Å²) in [5.74, 6) is 0.806. The summed E-state index contributed by atoms with van der Waals surface area (Å²) in [4.78, 5) is 2.28. The third-order valence-electron chi connectivity index (χ3n) is 2.60. The van der Waals surface area contributed by atoms with E-state index in [-0.39, 0.29) is 0 Å².